The minimum atomic E-state index is -4.27. The molecule has 1 aromatic heterocycles. The molecule has 4 rings (SSSR count). The summed E-state index contributed by atoms with van der Waals surface area (Å²) in [5.41, 5.74) is 1.21. The Morgan fingerprint density at radius 3 is 2.70 bits per heavy atom. The van der Waals surface area contributed by atoms with Crippen molar-refractivity contribution in [2.24, 2.45) is 5.92 Å². The van der Waals surface area contributed by atoms with Gasteiger partial charge in [-0.3, -0.25) is 4.90 Å². The van der Waals surface area contributed by atoms with Gasteiger partial charge in [0.2, 0.25) is 0 Å². The van der Waals surface area contributed by atoms with Crippen molar-refractivity contribution in [3.8, 4) is 0 Å². The average Bonchev–Trinajstić information content (AvgIpc) is 3.39. The minimum absolute atomic E-state index is 0.425. The van der Waals surface area contributed by atoms with Crippen LogP contribution in [0.15, 0.2) is 36.8 Å². The number of nitrogens with zero attached hydrogens (tertiary/aromatic N) is 3. The van der Waals surface area contributed by atoms with Crippen molar-refractivity contribution < 1.29 is 13.2 Å². The summed E-state index contributed by atoms with van der Waals surface area (Å²) in [6.07, 6.45) is 5.63. The molecule has 0 unspecified atom stereocenters. The van der Waals surface area contributed by atoms with Crippen molar-refractivity contribution in [1.29, 1.82) is 0 Å². The van der Waals surface area contributed by atoms with E-state index in [1.807, 2.05) is 12.5 Å². The van der Waals surface area contributed by atoms with Crippen LogP contribution in [0.25, 0.3) is 0 Å². The van der Waals surface area contributed by atoms with E-state index in [0.717, 1.165) is 38.9 Å². The highest BCUT2D eigenvalue weighted by Gasteiger charge is 2.33. The molecule has 0 N–H and O–H groups in total. The maximum absolute atomic E-state index is 13.2. The summed E-state index contributed by atoms with van der Waals surface area (Å²) >= 11 is 0. The molecule has 1 atom stereocenters. The number of imidazole rings is 1. The molecular formula is C21H26F3N3. The second kappa shape index (κ2) is 7.66. The summed E-state index contributed by atoms with van der Waals surface area (Å²) in [7, 11) is 0. The summed E-state index contributed by atoms with van der Waals surface area (Å²) in [5.74, 6) is 0.456. The Morgan fingerprint density at radius 1 is 1.11 bits per heavy atom. The predicted octanol–water partition coefficient (Wildman–Crippen LogP) is 5.08. The molecule has 1 saturated heterocycles. The lowest BCUT2D eigenvalue weighted by molar-refractivity contribution is -0.138. The van der Waals surface area contributed by atoms with Crippen LogP contribution in [-0.2, 0) is 19.1 Å². The van der Waals surface area contributed by atoms with Gasteiger partial charge in [-0.05, 0) is 62.6 Å². The summed E-state index contributed by atoms with van der Waals surface area (Å²) < 4.78 is 41.8. The maximum Gasteiger partial charge on any atom is 0.416 e. The number of piperidine rings is 1. The summed E-state index contributed by atoms with van der Waals surface area (Å²) in [6.45, 7) is 2.92. The van der Waals surface area contributed by atoms with E-state index in [-0.39, 0.29) is 0 Å². The Morgan fingerprint density at radius 2 is 1.93 bits per heavy atom. The molecule has 6 heteroatoms. The van der Waals surface area contributed by atoms with E-state index in [9.17, 15) is 13.2 Å². The lowest BCUT2D eigenvalue weighted by atomic mass is 9.90. The van der Waals surface area contributed by atoms with Crippen molar-refractivity contribution in [1.82, 2.24) is 14.5 Å². The first-order chi connectivity index (χ1) is 13.0. The van der Waals surface area contributed by atoms with Gasteiger partial charge in [-0.15, -0.1) is 0 Å². The van der Waals surface area contributed by atoms with Crippen molar-refractivity contribution in [3.05, 3.63) is 53.6 Å². The Labute approximate surface area is 158 Å². The highest BCUT2D eigenvalue weighted by molar-refractivity contribution is 5.29. The Bertz CT molecular complexity index is 764. The fourth-order valence-corrected chi connectivity index (χ4v) is 4.27. The largest absolute Gasteiger partial charge is 0.416 e. The van der Waals surface area contributed by atoms with Gasteiger partial charge in [0.15, 0.2) is 0 Å². The van der Waals surface area contributed by atoms with Gasteiger partial charge in [-0.25, -0.2) is 4.98 Å². The predicted molar refractivity (Wildman–Crippen MR) is 98.3 cm³/mol. The van der Waals surface area contributed by atoms with Gasteiger partial charge in [0.1, 0.15) is 0 Å². The van der Waals surface area contributed by atoms with Crippen LogP contribution in [0.4, 0.5) is 13.2 Å². The molecule has 146 valence electrons. The van der Waals surface area contributed by atoms with Crippen LogP contribution < -0.4 is 0 Å². The first kappa shape index (κ1) is 18.5. The number of aryl methyl sites for hydroxylation is 1. The molecule has 0 spiro atoms. The smallest absolute Gasteiger partial charge is 0.330 e. The molecule has 0 amide bonds. The minimum Gasteiger partial charge on any atom is -0.330 e. The van der Waals surface area contributed by atoms with Crippen LogP contribution >= 0.6 is 0 Å². The number of halogens is 3. The standard InChI is InChI=1S/C21H26F3N3/c22-21(23,24)20-6-2-1-5-17(20)8-7-16-4-3-11-26(13-16)14-19-12-25-15-27(19)18-9-10-18/h1-2,5-6,12,15-16,18H,3-4,7-11,13-14H2/t16-/m1/s1. The third kappa shape index (κ3) is 4.54. The van der Waals surface area contributed by atoms with Gasteiger partial charge in [0, 0.05) is 25.3 Å². The van der Waals surface area contributed by atoms with Crippen LogP contribution in [-0.4, -0.2) is 27.5 Å². The second-order valence-corrected chi connectivity index (χ2v) is 7.96. The summed E-state index contributed by atoms with van der Waals surface area (Å²) in [5, 5.41) is 0. The average molecular weight is 377 g/mol. The zero-order valence-electron chi connectivity index (χ0n) is 15.5. The quantitative estimate of drug-likeness (QED) is 0.700. The van der Waals surface area contributed by atoms with Crippen LogP contribution in [0.3, 0.4) is 0 Å². The SMILES string of the molecule is FC(F)(F)c1ccccc1CC[C@H]1CCCN(Cc2cncn2C2CC2)C1. The van der Waals surface area contributed by atoms with E-state index in [1.54, 1.807) is 12.1 Å². The molecular weight excluding hydrogens is 351 g/mol. The maximum atomic E-state index is 13.2. The lowest BCUT2D eigenvalue weighted by Crippen LogP contribution is -2.35. The Kier molecular flexibility index (Phi) is 5.26. The van der Waals surface area contributed by atoms with E-state index in [0.29, 0.717) is 23.9 Å². The fraction of sp³-hybridized carbons (Fsp3) is 0.571. The fourth-order valence-electron chi connectivity index (χ4n) is 4.27. The van der Waals surface area contributed by atoms with Crippen molar-refractivity contribution in [2.75, 3.05) is 13.1 Å². The molecule has 2 heterocycles. The number of alkyl halides is 3. The van der Waals surface area contributed by atoms with Gasteiger partial charge >= 0.3 is 6.18 Å². The van der Waals surface area contributed by atoms with Crippen molar-refractivity contribution in [3.63, 3.8) is 0 Å². The normalized spacial score (nSPS) is 21.5. The van der Waals surface area contributed by atoms with Gasteiger partial charge in [-0.1, -0.05) is 18.2 Å². The highest BCUT2D eigenvalue weighted by Crippen LogP contribution is 2.36. The summed E-state index contributed by atoms with van der Waals surface area (Å²) in [4.78, 5) is 6.75. The van der Waals surface area contributed by atoms with Gasteiger partial charge in [0.25, 0.3) is 0 Å². The molecule has 3 nitrogen and oxygen atoms in total. The molecule has 0 radical (unpaired) electrons. The van der Waals surface area contributed by atoms with Crippen LogP contribution in [0.5, 0.6) is 0 Å². The van der Waals surface area contributed by atoms with E-state index < -0.39 is 11.7 Å². The van der Waals surface area contributed by atoms with E-state index in [2.05, 4.69) is 14.5 Å². The molecule has 2 aliphatic rings. The molecule has 27 heavy (non-hydrogen) atoms. The van der Waals surface area contributed by atoms with E-state index >= 15 is 0 Å². The number of rotatable bonds is 6. The first-order valence-electron chi connectivity index (χ1n) is 9.89. The topological polar surface area (TPSA) is 21.1 Å². The third-order valence-corrected chi connectivity index (χ3v) is 5.82. The zero-order valence-corrected chi connectivity index (χ0v) is 15.5. The number of likely N-dealkylation sites (tertiary alicyclic amines) is 1. The van der Waals surface area contributed by atoms with Crippen molar-refractivity contribution in [2.45, 2.75) is 57.3 Å². The molecule has 2 aromatic rings. The lowest BCUT2D eigenvalue weighted by Gasteiger charge is -2.33. The second-order valence-electron chi connectivity index (χ2n) is 7.96. The molecule has 0 bridgehead atoms. The molecule has 1 saturated carbocycles. The Balaban J connectivity index is 1.35. The molecule has 2 fully saturated rings. The summed E-state index contributed by atoms with van der Waals surface area (Å²) in [6, 6.07) is 6.62. The molecule has 1 aromatic carbocycles. The van der Waals surface area contributed by atoms with Crippen molar-refractivity contribution >= 4 is 0 Å². The number of aromatic nitrogens is 2. The number of hydrogen-bond acceptors (Lipinski definition) is 2. The van der Waals surface area contributed by atoms with E-state index in [4.69, 9.17) is 0 Å². The van der Waals surface area contributed by atoms with Crippen LogP contribution in [0.2, 0.25) is 0 Å². The third-order valence-electron chi connectivity index (χ3n) is 5.82. The van der Waals surface area contributed by atoms with Gasteiger partial charge < -0.3 is 4.57 Å². The monoisotopic (exact) mass is 377 g/mol. The van der Waals surface area contributed by atoms with E-state index in [1.165, 1.54) is 30.7 Å². The highest BCUT2D eigenvalue weighted by atomic mass is 19.4. The first-order valence-corrected chi connectivity index (χ1v) is 9.89. The molecule has 1 aliphatic carbocycles. The number of hydrogen-bond donors (Lipinski definition) is 0. The molecule has 1 aliphatic heterocycles. The van der Waals surface area contributed by atoms with Crippen LogP contribution in [0.1, 0.15) is 55.0 Å². The van der Waals surface area contributed by atoms with Gasteiger partial charge in [0.05, 0.1) is 17.6 Å². The zero-order chi connectivity index (χ0) is 18.9. The number of benzene rings is 1. The Hall–Kier alpha value is -1.82. The van der Waals surface area contributed by atoms with Crippen LogP contribution in [0, 0.1) is 5.92 Å². The van der Waals surface area contributed by atoms with Gasteiger partial charge in [-0.2, -0.15) is 13.2 Å².